The fraction of sp³-hybridized carbons (Fsp3) is 0.909. The van der Waals surface area contributed by atoms with Crippen molar-refractivity contribution in [2.24, 2.45) is 11.3 Å². The van der Waals surface area contributed by atoms with E-state index in [0.29, 0.717) is 19.6 Å². The van der Waals surface area contributed by atoms with E-state index in [1.54, 1.807) is 13.8 Å². The molecule has 88 valence electrons. The Morgan fingerprint density at radius 2 is 1.93 bits per heavy atom. The topological polar surface area (TPSA) is 60.8 Å². The Kier molecular flexibility index (Phi) is 3.12. The first-order chi connectivity index (χ1) is 6.67. The lowest BCUT2D eigenvalue weighted by atomic mass is 9.81. The molecule has 0 bridgehead atoms. The average molecular weight is 215 g/mol. The number of aliphatic carboxylic acids is 1. The number of carboxylic acids is 1. The summed E-state index contributed by atoms with van der Waals surface area (Å²) in [7, 11) is 0. The van der Waals surface area contributed by atoms with Crippen molar-refractivity contribution in [2.75, 3.05) is 19.6 Å². The van der Waals surface area contributed by atoms with Crippen LogP contribution in [0.2, 0.25) is 0 Å². The van der Waals surface area contributed by atoms with Gasteiger partial charge in [0.15, 0.2) is 0 Å². The average Bonchev–Trinajstić information content (AvgIpc) is 1.99. The zero-order valence-corrected chi connectivity index (χ0v) is 9.95. The SMILES string of the molecule is CC(C)C1(O)CN(CC(C)(C)C(=O)O)C1. The molecular weight excluding hydrogens is 194 g/mol. The van der Waals surface area contributed by atoms with Gasteiger partial charge in [-0.3, -0.25) is 9.69 Å². The Hall–Kier alpha value is -0.610. The Labute approximate surface area is 90.9 Å². The van der Waals surface area contributed by atoms with Gasteiger partial charge in [0.05, 0.1) is 11.0 Å². The maximum absolute atomic E-state index is 10.9. The molecule has 1 saturated heterocycles. The fourth-order valence-electron chi connectivity index (χ4n) is 1.83. The number of nitrogens with zero attached hydrogens (tertiary/aromatic N) is 1. The zero-order chi connectivity index (χ0) is 11.9. The van der Waals surface area contributed by atoms with E-state index in [2.05, 4.69) is 0 Å². The lowest BCUT2D eigenvalue weighted by Gasteiger charge is -2.50. The van der Waals surface area contributed by atoms with E-state index in [1.807, 2.05) is 18.7 Å². The van der Waals surface area contributed by atoms with Crippen molar-refractivity contribution in [3.05, 3.63) is 0 Å². The summed E-state index contributed by atoms with van der Waals surface area (Å²) in [6, 6.07) is 0. The molecule has 0 aromatic carbocycles. The maximum Gasteiger partial charge on any atom is 0.310 e. The van der Waals surface area contributed by atoms with E-state index in [0.717, 1.165) is 0 Å². The van der Waals surface area contributed by atoms with Gasteiger partial charge >= 0.3 is 5.97 Å². The number of carboxylic acid groups (broad SMARTS) is 1. The van der Waals surface area contributed by atoms with Crippen LogP contribution in [0, 0.1) is 11.3 Å². The van der Waals surface area contributed by atoms with Gasteiger partial charge in [-0.1, -0.05) is 13.8 Å². The normalized spacial score (nSPS) is 21.5. The predicted molar refractivity (Wildman–Crippen MR) is 57.6 cm³/mol. The van der Waals surface area contributed by atoms with E-state index in [1.165, 1.54) is 0 Å². The van der Waals surface area contributed by atoms with Gasteiger partial charge in [-0.05, 0) is 19.8 Å². The van der Waals surface area contributed by atoms with Gasteiger partial charge in [-0.2, -0.15) is 0 Å². The van der Waals surface area contributed by atoms with Gasteiger partial charge in [0.1, 0.15) is 0 Å². The van der Waals surface area contributed by atoms with E-state index >= 15 is 0 Å². The Bertz CT molecular complexity index is 255. The van der Waals surface area contributed by atoms with E-state index in [4.69, 9.17) is 5.11 Å². The number of hydrogen-bond acceptors (Lipinski definition) is 3. The third-order valence-corrected chi connectivity index (χ3v) is 3.27. The standard InChI is InChI=1S/C11H21NO3/c1-8(2)11(15)6-12(7-11)5-10(3,4)9(13)14/h8,15H,5-7H2,1-4H3,(H,13,14). The fourth-order valence-corrected chi connectivity index (χ4v) is 1.83. The minimum absolute atomic E-state index is 0.224. The largest absolute Gasteiger partial charge is 0.481 e. The molecule has 0 aromatic rings. The van der Waals surface area contributed by atoms with Crippen LogP contribution in [-0.2, 0) is 4.79 Å². The van der Waals surface area contributed by atoms with Crippen LogP contribution < -0.4 is 0 Å². The molecule has 1 rings (SSSR count). The summed E-state index contributed by atoms with van der Waals surface area (Å²) in [5.74, 6) is -0.566. The molecule has 4 heteroatoms. The van der Waals surface area contributed by atoms with Gasteiger partial charge in [0, 0.05) is 19.6 Å². The minimum atomic E-state index is -0.789. The van der Waals surface area contributed by atoms with Crippen molar-refractivity contribution in [3.63, 3.8) is 0 Å². The smallest absolute Gasteiger partial charge is 0.310 e. The summed E-state index contributed by atoms with van der Waals surface area (Å²) in [5, 5.41) is 19.0. The summed E-state index contributed by atoms with van der Waals surface area (Å²) in [4.78, 5) is 12.9. The van der Waals surface area contributed by atoms with Gasteiger partial charge in [-0.15, -0.1) is 0 Å². The molecule has 1 aliphatic rings. The number of β-amino-alcohol motifs (C(OH)–C–C–N with tert-alkyl or cyclic N) is 1. The third kappa shape index (κ3) is 2.49. The highest BCUT2D eigenvalue weighted by Crippen LogP contribution is 2.31. The number of carbonyl (C=O) groups is 1. The number of aliphatic hydroxyl groups is 1. The molecule has 0 amide bonds. The van der Waals surface area contributed by atoms with Gasteiger partial charge in [0.25, 0.3) is 0 Å². The minimum Gasteiger partial charge on any atom is -0.481 e. The predicted octanol–water partition coefficient (Wildman–Crippen LogP) is 0.800. The van der Waals surface area contributed by atoms with Crippen LogP contribution in [0.15, 0.2) is 0 Å². The van der Waals surface area contributed by atoms with Crippen LogP contribution in [0.3, 0.4) is 0 Å². The van der Waals surface area contributed by atoms with Crippen molar-refractivity contribution in [2.45, 2.75) is 33.3 Å². The lowest BCUT2D eigenvalue weighted by molar-refractivity contribution is -0.159. The molecule has 1 fully saturated rings. The second kappa shape index (κ2) is 3.76. The summed E-state index contributed by atoms with van der Waals surface area (Å²) in [6.45, 7) is 9.06. The van der Waals surface area contributed by atoms with Crippen molar-refractivity contribution in [1.29, 1.82) is 0 Å². The molecule has 0 radical (unpaired) electrons. The highest BCUT2D eigenvalue weighted by molar-refractivity contribution is 5.73. The molecule has 0 aromatic heterocycles. The number of hydrogen-bond donors (Lipinski definition) is 2. The highest BCUT2D eigenvalue weighted by Gasteiger charge is 2.45. The summed E-state index contributed by atoms with van der Waals surface area (Å²) < 4.78 is 0. The van der Waals surface area contributed by atoms with E-state index < -0.39 is 17.0 Å². The molecule has 0 spiro atoms. The zero-order valence-electron chi connectivity index (χ0n) is 9.95. The Balaban J connectivity index is 2.44. The first-order valence-electron chi connectivity index (χ1n) is 5.35. The van der Waals surface area contributed by atoms with Crippen molar-refractivity contribution in [1.82, 2.24) is 4.90 Å². The van der Waals surface area contributed by atoms with Gasteiger partial charge in [0.2, 0.25) is 0 Å². The molecule has 4 nitrogen and oxygen atoms in total. The molecule has 0 aliphatic carbocycles. The summed E-state index contributed by atoms with van der Waals surface area (Å²) in [5.41, 5.74) is -1.35. The molecule has 1 aliphatic heterocycles. The Morgan fingerprint density at radius 1 is 1.47 bits per heavy atom. The summed E-state index contributed by atoms with van der Waals surface area (Å²) >= 11 is 0. The van der Waals surface area contributed by atoms with Crippen LogP contribution in [-0.4, -0.2) is 46.3 Å². The van der Waals surface area contributed by atoms with E-state index in [-0.39, 0.29) is 5.92 Å². The molecule has 15 heavy (non-hydrogen) atoms. The second-order valence-electron chi connectivity index (χ2n) is 5.59. The van der Waals surface area contributed by atoms with Crippen LogP contribution in [0.25, 0.3) is 0 Å². The molecule has 2 N–H and O–H groups in total. The molecular formula is C11H21NO3. The number of rotatable bonds is 4. The van der Waals surface area contributed by atoms with Crippen LogP contribution in [0.4, 0.5) is 0 Å². The molecule has 0 saturated carbocycles. The highest BCUT2D eigenvalue weighted by atomic mass is 16.4. The van der Waals surface area contributed by atoms with E-state index in [9.17, 15) is 9.90 Å². The Morgan fingerprint density at radius 3 is 2.27 bits per heavy atom. The second-order valence-corrected chi connectivity index (χ2v) is 5.59. The maximum atomic E-state index is 10.9. The van der Waals surface area contributed by atoms with Crippen molar-refractivity contribution >= 4 is 5.97 Å². The number of likely N-dealkylation sites (tertiary alicyclic amines) is 1. The summed E-state index contributed by atoms with van der Waals surface area (Å²) in [6.07, 6.45) is 0. The van der Waals surface area contributed by atoms with Crippen LogP contribution in [0.5, 0.6) is 0 Å². The van der Waals surface area contributed by atoms with Crippen LogP contribution in [0.1, 0.15) is 27.7 Å². The van der Waals surface area contributed by atoms with Crippen molar-refractivity contribution < 1.29 is 15.0 Å². The van der Waals surface area contributed by atoms with Crippen LogP contribution >= 0.6 is 0 Å². The molecule has 1 heterocycles. The van der Waals surface area contributed by atoms with Crippen molar-refractivity contribution in [3.8, 4) is 0 Å². The van der Waals surface area contributed by atoms with Gasteiger partial charge in [-0.25, -0.2) is 0 Å². The molecule has 0 atom stereocenters. The molecule has 0 unspecified atom stereocenters. The first-order valence-corrected chi connectivity index (χ1v) is 5.35. The third-order valence-electron chi connectivity index (χ3n) is 3.27. The first kappa shape index (κ1) is 12.5. The van der Waals surface area contributed by atoms with Gasteiger partial charge < -0.3 is 10.2 Å². The monoisotopic (exact) mass is 215 g/mol. The quantitative estimate of drug-likeness (QED) is 0.728. The lowest BCUT2D eigenvalue weighted by Crippen LogP contribution is -2.66.